The van der Waals surface area contributed by atoms with Crippen LogP contribution in [0.4, 0.5) is 9.59 Å². The van der Waals surface area contributed by atoms with Crippen LogP contribution >= 0.6 is 0 Å². The maximum Gasteiger partial charge on any atom is 0.408 e. The third-order valence-electron chi connectivity index (χ3n) is 4.86. The van der Waals surface area contributed by atoms with Crippen LogP contribution in [0.3, 0.4) is 0 Å². The van der Waals surface area contributed by atoms with Gasteiger partial charge in [0.1, 0.15) is 11.2 Å². The van der Waals surface area contributed by atoms with Crippen LogP contribution in [0.1, 0.15) is 59.1 Å². The van der Waals surface area contributed by atoms with Crippen molar-refractivity contribution >= 4 is 18.0 Å². The molecule has 0 saturated carbocycles. The monoisotopic (exact) mass is 482 g/mol. The van der Waals surface area contributed by atoms with Crippen molar-refractivity contribution in [2.75, 3.05) is 0 Å². The first-order valence-corrected chi connectivity index (χ1v) is 11.9. The van der Waals surface area contributed by atoms with E-state index < -0.39 is 35.5 Å². The van der Waals surface area contributed by atoms with Gasteiger partial charge in [-0.15, -0.1) is 0 Å². The highest BCUT2D eigenvalue weighted by Crippen LogP contribution is 2.14. The van der Waals surface area contributed by atoms with Gasteiger partial charge in [-0.25, -0.2) is 9.59 Å². The summed E-state index contributed by atoms with van der Waals surface area (Å²) >= 11 is 0. The molecule has 7 heteroatoms. The van der Waals surface area contributed by atoms with Gasteiger partial charge in [0.2, 0.25) is 0 Å². The van der Waals surface area contributed by atoms with Crippen molar-refractivity contribution in [1.29, 1.82) is 0 Å². The Bertz CT molecular complexity index is 962. The highest BCUT2D eigenvalue weighted by atomic mass is 16.6. The van der Waals surface area contributed by atoms with E-state index in [1.165, 1.54) is 0 Å². The normalized spacial score (nSPS) is 13.3. The molecule has 0 aliphatic rings. The Morgan fingerprint density at radius 2 is 1.11 bits per heavy atom. The van der Waals surface area contributed by atoms with Crippen LogP contribution in [0.5, 0.6) is 0 Å². The van der Waals surface area contributed by atoms with Crippen LogP contribution < -0.4 is 10.6 Å². The van der Waals surface area contributed by atoms with Crippen molar-refractivity contribution in [3.05, 3.63) is 71.8 Å². The summed E-state index contributed by atoms with van der Waals surface area (Å²) in [6.45, 7) is 10.6. The first kappa shape index (κ1) is 27.9. The Hall–Kier alpha value is -3.35. The highest BCUT2D eigenvalue weighted by molar-refractivity contribution is 5.88. The predicted molar refractivity (Wildman–Crippen MR) is 136 cm³/mol. The Kier molecular flexibility index (Phi) is 9.87. The first-order valence-electron chi connectivity index (χ1n) is 11.9. The van der Waals surface area contributed by atoms with Gasteiger partial charge < -0.3 is 20.1 Å². The molecule has 35 heavy (non-hydrogen) atoms. The number of alkyl carbamates (subject to hydrolysis) is 2. The van der Waals surface area contributed by atoms with Crippen molar-refractivity contribution < 1.29 is 23.9 Å². The summed E-state index contributed by atoms with van der Waals surface area (Å²) in [4.78, 5) is 38.5. The van der Waals surface area contributed by atoms with Gasteiger partial charge in [0.15, 0.2) is 5.78 Å². The number of amides is 2. The molecule has 2 aromatic rings. The minimum absolute atomic E-state index is 0.0153. The van der Waals surface area contributed by atoms with Gasteiger partial charge in [0, 0.05) is 12.5 Å². The number of rotatable bonds is 9. The molecule has 0 aliphatic carbocycles. The molecule has 2 aromatic carbocycles. The molecule has 0 fully saturated rings. The number of ether oxygens (including phenoxy) is 2. The number of nitrogens with one attached hydrogen (secondary N) is 2. The number of carbonyl (C=O) groups excluding carboxylic acids is 3. The zero-order chi connectivity index (χ0) is 26.1. The zero-order valence-corrected chi connectivity index (χ0v) is 21.6. The molecule has 2 amide bonds. The molecule has 0 aromatic heterocycles. The van der Waals surface area contributed by atoms with Gasteiger partial charge in [0.05, 0.1) is 6.04 Å². The summed E-state index contributed by atoms with van der Waals surface area (Å²) < 4.78 is 10.8. The molecular weight excluding hydrogens is 444 g/mol. The second-order valence-electron chi connectivity index (χ2n) is 10.6. The zero-order valence-electron chi connectivity index (χ0n) is 21.6. The fraction of sp³-hybridized carbons (Fsp3) is 0.464. The topological polar surface area (TPSA) is 93.7 Å². The molecule has 0 radical (unpaired) electrons. The van der Waals surface area contributed by atoms with E-state index in [1.54, 1.807) is 41.5 Å². The number of benzene rings is 2. The number of hydrogen-bond donors (Lipinski definition) is 2. The standard InChI is InChI=1S/C28H38N2O5/c1-27(2,3)34-25(32)29-22(17-20-13-9-7-10-14-20)19-24(31)23(18-21-15-11-8-12-16-21)30-26(33)35-28(4,5)6/h7-16,22-23H,17-19H2,1-6H3,(H,29,32)(H,30,33). The number of carbonyl (C=O) groups is 3. The quantitative estimate of drug-likeness (QED) is 0.511. The van der Waals surface area contributed by atoms with E-state index >= 15 is 0 Å². The molecule has 0 saturated heterocycles. The Morgan fingerprint density at radius 1 is 0.686 bits per heavy atom. The summed E-state index contributed by atoms with van der Waals surface area (Å²) in [5.41, 5.74) is 0.514. The molecule has 7 nitrogen and oxygen atoms in total. The van der Waals surface area contributed by atoms with E-state index in [9.17, 15) is 14.4 Å². The van der Waals surface area contributed by atoms with Crippen molar-refractivity contribution in [1.82, 2.24) is 10.6 Å². The largest absolute Gasteiger partial charge is 0.444 e. The lowest BCUT2D eigenvalue weighted by molar-refractivity contribution is -0.121. The van der Waals surface area contributed by atoms with Crippen molar-refractivity contribution in [3.63, 3.8) is 0 Å². The number of hydrogen-bond acceptors (Lipinski definition) is 5. The van der Waals surface area contributed by atoms with E-state index in [-0.39, 0.29) is 12.2 Å². The average Bonchev–Trinajstić information content (AvgIpc) is 2.72. The van der Waals surface area contributed by atoms with Crippen LogP contribution in [0.15, 0.2) is 60.7 Å². The van der Waals surface area contributed by atoms with Crippen LogP contribution in [0.25, 0.3) is 0 Å². The fourth-order valence-corrected chi connectivity index (χ4v) is 3.48. The molecule has 0 bridgehead atoms. The van der Waals surface area contributed by atoms with Crippen LogP contribution in [0, 0.1) is 0 Å². The molecule has 2 atom stereocenters. The van der Waals surface area contributed by atoms with Crippen LogP contribution in [-0.4, -0.2) is 41.3 Å². The van der Waals surface area contributed by atoms with Crippen molar-refractivity contribution in [2.45, 2.75) is 84.1 Å². The van der Waals surface area contributed by atoms with E-state index in [2.05, 4.69) is 10.6 Å². The van der Waals surface area contributed by atoms with Gasteiger partial charge in [-0.1, -0.05) is 60.7 Å². The predicted octanol–water partition coefficient (Wildman–Crippen LogP) is 5.22. The fourth-order valence-electron chi connectivity index (χ4n) is 3.48. The Morgan fingerprint density at radius 3 is 1.57 bits per heavy atom. The van der Waals surface area contributed by atoms with E-state index in [0.29, 0.717) is 12.8 Å². The lowest BCUT2D eigenvalue weighted by Gasteiger charge is -2.26. The lowest BCUT2D eigenvalue weighted by atomic mass is 9.95. The summed E-state index contributed by atoms with van der Waals surface area (Å²) in [5.74, 6) is -0.211. The van der Waals surface area contributed by atoms with E-state index in [1.807, 2.05) is 60.7 Å². The SMILES string of the molecule is CC(C)(C)OC(=O)NC(CC(=O)C(Cc1ccccc1)NC(=O)OC(C)(C)C)Cc1ccccc1. The molecule has 2 rings (SSSR count). The van der Waals surface area contributed by atoms with Crippen LogP contribution in [-0.2, 0) is 27.1 Å². The highest BCUT2D eigenvalue weighted by Gasteiger charge is 2.28. The van der Waals surface area contributed by atoms with Gasteiger partial charge in [-0.2, -0.15) is 0 Å². The number of Topliss-reactive ketones (excluding diaryl/α,β-unsaturated/α-hetero) is 1. The van der Waals surface area contributed by atoms with Gasteiger partial charge in [-0.05, 0) is 65.5 Å². The number of ketones is 1. The van der Waals surface area contributed by atoms with E-state index in [4.69, 9.17) is 9.47 Å². The molecule has 190 valence electrons. The molecule has 0 spiro atoms. The summed E-state index contributed by atoms with van der Waals surface area (Å²) in [6, 6.07) is 17.7. The van der Waals surface area contributed by atoms with Crippen molar-refractivity contribution in [2.24, 2.45) is 0 Å². The summed E-state index contributed by atoms with van der Waals surface area (Å²) in [5, 5.41) is 5.57. The molecule has 2 unspecified atom stereocenters. The minimum Gasteiger partial charge on any atom is -0.444 e. The molecular formula is C28H38N2O5. The van der Waals surface area contributed by atoms with Gasteiger partial charge in [-0.3, -0.25) is 4.79 Å². The second kappa shape index (κ2) is 12.4. The minimum atomic E-state index is -0.814. The van der Waals surface area contributed by atoms with Crippen LogP contribution in [0.2, 0.25) is 0 Å². The Balaban J connectivity index is 2.21. The first-order chi connectivity index (χ1) is 16.3. The maximum absolute atomic E-state index is 13.5. The molecule has 2 N–H and O–H groups in total. The third-order valence-corrected chi connectivity index (χ3v) is 4.86. The molecule has 0 aliphatic heterocycles. The van der Waals surface area contributed by atoms with Gasteiger partial charge in [0.25, 0.3) is 0 Å². The van der Waals surface area contributed by atoms with Gasteiger partial charge >= 0.3 is 12.2 Å². The second-order valence-corrected chi connectivity index (χ2v) is 10.6. The lowest BCUT2D eigenvalue weighted by Crippen LogP contribution is -2.48. The van der Waals surface area contributed by atoms with E-state index in [0.717, 1.165) is 11.1 Å². The average molecular weight is 483 g/mol. The van der Waals surface area contributed by atoms with Crippen molar-refractivity contribution in [3.8, 4) is 0 Å². The summed E-state index contributed by atoms with van der Waals surface area (Å²) in [6.07, 6.45) is -0.487. The maximum atomic E-state index is 13.5. The molecule has 0 heterocycles. The summed E-state index contributed by atoms with van der Waals surface area (Å²) in [7, 11) is 0. The smallest absolute Gasteiger partial charge is 0.408 e. The Labute approximate surface area is 208 Å². The third kappa shape index (κ3) is 11.6.